The number of hydrogen-bond donors (Lipinski definition) is 1. The summed E-state index contributed by atoms with van der Waals surface area (Å²) in [6.45, 7) is 0. The van der Waals surface area contributed by atoms with Gasteiger partial charge in [-0.1, -0.05) is 60.1 Å². The van der Waals surface area contributed by atoms with Gasteiger partial charge in [0.1, 0.15) is 5.01 Å². The Morgan fingerprint density at radius 3 is 2.56 bits per heavy atom. The number of aromatic nitrogens is 1. The molecule has 0 aliphatic heterocycles. The Hall–Kier alpha value is -2.95. The Labute approximate surface area is 166 Å². The third-order valence-corrected chi connectivity index (χ3v) is 5.37. The van der Waals surface area contributed by atoms with Crippen LogP contribution in [0.4, 0.5) is 5.69 Å². The number of benzene rings is 3. The summed E-state index contributed by atoms with van der Waals surface area (Å²) < 4.78 is 1.08. The van der Waals surface area contributed by atoms with Crippen molar-refractivity contribution in [2.24, 2.45) is 0 Å². The summed E-state index contributed by atoms with van der Waals surface area (Å²) in [6, 6.07) is 23.1. The first-order valence-corrected chi connectivity index (χ1v) is 9.59. The standard InChI is InChI=1S/C22H15ClN2OS/c23-16-9-6-11-18(24-20(26)14-13-15-7-2-1-3-8-15)21(16)22-25-17-10-4-5-12-19(17)27-22/h1-14H,(H,24,26)/b14-13+. The van der Waals surface area contributed by atoms with E-state index in [1.54, 1.807) is 23.5 Å². The summed E-state index contributed by atoms with van der Waals surface area (Å²) >= 11 is 8.00. The van der Waals surface area contributed by atoms with E-state index in [-0.39, 0.29) is 5.91 Å². The average molecular weight is 391 g/mol. The SMILES string of the molecule is O=C(/C=C/c1ccccc1)Nc1cccc(Cl)c1-c1nc2ccccc2s1. The monoisotopic (exact) mass is 390 g/mol. The number of amides is 1. The van der Waals surface area contributed by atoms with Crippen LogP contribution in [0.2, 0.25) is 5.02 Å². The van der Waals surface area contributed by atoms with E-state index in [4.69, 9.17) is 11.6 Å². The Balaban J connectivity index is 1.65. The van der Waals surface area contributed by atoms with Crippen molar-refractivity contribution in [1.29, 1.82) is 0 Å². The molecule has 4 rings (SSSR count). The van der Waals surface area contributed by atoms with E-state index in [9.17, 15) is 4.79 Å². The predicted molar refractivity (Wildman–Crippen MR) is 114 cm³/mol. The number of thiazole rings is 1. The zero-order valence-electron chi connectivity index (χ0n) is 14.2. The van der Waals surface area contributed by atoms with Gasteiger partial charge in [0.2, 0.25) is 5.91 Å². The lowest BCUT2D eigenvalue weighted by molar-refractivity contribution is -0.111. The maximum atomic E-state index is 12.4. The summed E-state index contributed by atoms with van der Waals surface area (Å²) in [5.41, 5.74) is 3.26. The quantitative estimate of drug-likeness (QED) is 0.417. The van der Waals surface area contributed by atoms with Crippen LogP contribution in [0.1, 0.15) is 5.56 Å². The smallest absolute Gasteiger partial charge is 0.248 e. The van der Waals surface area contributed by atoms with Gasteiger partial charge in [-0.15, -0.1) is 11.3 Å². The number of halogens is 1. The third kappa shape index (κ3) is 3.92. The molecule has 1 aromatic heterocycles. The summed E-state index contributed by atoms with van der Waals surface area (Å²) in [6.07, 6.45) is 3.29. The van der Waals surface area contributed by atoms with Crippen molar-refractivity contribution in [2.75, 3.05) is 5.32 Å². The number of carbonyl (C=O) groups excluding carboxylic acids is 1. The molecular formula is C22H15ClN2OS. The van der Waals surface area contributed by atoms with Crippen molar-refractivity contribution in [1.82, 2.24) is 4.98 Å². The van der Waals surface area contributed by atoms with E-state index < -0.39 is 0 Å². The second kappa shape index (κ2) is 7.74. The minimum atomic E-state index is -0.219. The van der Waals surface area contributed by atoms with Crippen LogP contribution >= 0.6 is 22.9 Å². The molecule has 0 atom stereocenters. The van der Waals surface area contributed by atoms with Gasteiger partial charge in [0.05, 0.1) is 26.5 Å². The van der Waals surface area contributed by atoms with Gasteiger partial charge < -0.3 is 5.32 Å². The van der Waals surface area contributed by atoms with E-state index in [1.807, 2.05) is 66.7 Å². The molecule has 0 fully saturated rings. The lowest BCUT2D eigenvalue weighted by Gasteiger charge is -2.09. The molecule has 0 radical (unpaired) electrons. The van der Waals surface area contributed by atoms with E-state index >= 15 is 0 Å². The van der Waals surface area contributed by atoms with Gasteiger partial charge in [0, 0.05) is 6.08 Å². The highest BCUT2D eigenvalue weighted by Gasteiger charge is 2.15. The molecule has 0 aliphatic carbocycles. The molecule has 4 aromatic rings. The molecule has 1 amide bonds. The minimum absolute atomic E-state index is 0.219. The second-order valence-corrected chi connectivity index (χ2v) is 7.32. The van der Waals surface area contributed by atoms with Crippen molar-refractivity contribution in [3.63, 3.8) is 0 Å². The zero-order chi connectivity index (χ0) is 18.6. The number of fused-ring (bicyclic) bond motifs is 1. The zero-order valence-corrected chi connectivity index (χ0v) is 15.8. The van der Waals surface area contributed by atoms with Gasteiger partial charge in [0.25, 0.3) is 0 Å². The number of nitrogens with zero attached hydrogens (tertiary/aromatic N) is 1. The van der Waals surface area contributed by atoms with Crippen molar-refractivity contribution >= 4 is 50.8 Å². The molecule has 0 saturated heterocycles. The molecule has 3 nitrogen and oxygen atoms in total. The van der Waals surface area contributed by atoms with Gasteiger partial charge in [-0.2, -0.15) is 0 Å². The molecule has 1 N–H and O–H groups in total. The highest BCUT2D eigenvalue weighted by atomic mass is 35.5. The molecule has 0 spiro atoms. The first-order valence-electron chi connectivity index (χ1n) is 8.39. The van der Waals surface area contributed by atoms with E-state index in [2.05, 4.69) is 10.3 Å². The van der Waals surface area contributed by atoms with E-state index in [0.29, 0.717) is 10.7 Å². The Bertz CT molecular complexity index is 1100. The molecule has 5 heteroatoms. The molecule has 3 aromatic carbocycles. The molecule has 0 bridgehead atoms. The summed E-state index contributed by atoms with van der Waals surface area (Å²) in [4.78, 5) is 17.1. The van der Waals surface area contributed by atoms with Gasteiger partial charge in [-0.25, -0.2) is 4.98 Å². The lowest BCUT2D eigenvalue weighted by Crippen LogP contribution is -2.08. The number of carbonyl (C=O) groups is 1. The molecular weight excluding hydrogens is 376 g/mol. The van der Waals surface area contributed by atoms with Gasteiger partial charge in [-0.3, -0.25) is 4.79 Å². The van der Waals surface area contributed by atoms with Crippen LogP contribution < -0.4 is 5.32 Å². The maximum absolute atomic E-state index is 12.4. The Kier molecular flexibility index (Phi) is 5.01. The summed E-state index contributed by atoms with van der Waals surface area (Å²) in [5.74, 6) is -0.219. The van der Waals surface area contributed by atoms with Crippen LogP contribution in [0.3, 0.4) is 0 Å². The van der Waals surface area contributed by atoms with Crippen molar-refractivity contribution in [2.45, 2.75) is 0 Å². The number of rotatable bonds is 4. The second-order valence-electron chi connectivity index (χ2n) is 5.88. The average Bonchev–Trinajstić information content (AvgIpc) is 3.11. The van der Waals surface area contributed by atoms with Crippen molar-refractivity contribution in [3.8, 4) is 10.6 Å². The number of nitrogens with one attached hydrogen (secondary N) is 1. The molecule has 27 heavy (non-hydrogen) atoms. The maximum Gasteiger partial charge on any atom is 0.248 e. The predicted octanol–water partition coefficient (Wildman–Crippen LogP) is 6.27. The fourth-order valence-electron chi connectivity index (χ4n) is 2.74. The topological polar surface area (TPSA) is 42.0 Å². The molecule has 0 aliphatic rings. The van der Waals surface area contributed by atoms with Crippen LogP contribution in [-0.2, 0) is 4.79 Å². The first-order chi connectivity index (χ1) is 13.2. The number of anilines is 1. The highest BCUT2D eigenvalue weighted by Crippen LogP contribution is 2.39. The summed E-state index contributed by atoms with van der Waals surface area (Å²) in [7, 11) is 0. The number of para-hydroxylation sites is 1. The molecule has 0 saturated carbocycles. The normalized spacial score (nSPS) is 11.1. The molecule has 0 unspecified atom stereocenters. The fraction of sp³-hybridized carbons (Fsp3) is 0. The van der Waals surface area contributed by atoms with Gasteiger partial charge >= 0.3 is 0 Å². The minimum Gasteiger partial charge on any atom is -0.322 e. The van der Waals surface area contributed by atoms with Crippen molar-refractivity contribution < 1.29 is 4.79 Å². The van der Waals surface area contributed by atoms with Crippen LogP contribution in [0, 0.1) is 0 Å². The Morgan fingerprint density at radius 1 is 0.963 bits per heavy atom. The van der Waals surface area contributed by atoms with Gasteiger partial charge in [-0.05, 0) is 35.9 Å². The van der Waals surface area contributed by atoms with Crippen molar-refractivity contribution in [3.05, 3.63) is 89.5 Å². The molecule has 1 heterocycles. The Morgan fingerprint density at radius 2 is 1.74 bits per heavy atom. The number of hydrogen-bond acceptors (Lipinski definition) is 3. The molecule has 132 valence electrons. The van der Waals surface area contributed by atoms with Crippen LogP contribution in [0.5, 0.6) is 0 Å². The summed E-state index contributed by atoms with van der Waals surface area (Å²) in [5, 5.41) is 4.26. The lowest BCUT2D eigenvalue weighted by atomic mass is 10.1. The van der Waals surface area contributed by atoms with E-state index in [0.717, 1.165) is 26.4 Å². The highest BCUT2D eigenvalue weighted by molar-refractivity contribution is 7.21. The van der Waals surface area contributed by atoms with Crippen LogP contribution in [0.25, 0.3) is 26.9 Å². The van der Waals surface area contributed by atoms with E-state index in [1.165, 1.54) is 6.08 Å². The third-order valence-electron chi connectivity index (χ3n) is 4.01. The first kappa shape index (κ1) is 17.5. The largest absolute Gasteiger partial charge is 0.322 e. The van der Waals surface area contributed by atoms with Gasteiger partial charge in [0.15, 0.2) is 0 Å². The van der Waals surface area contributed by atoms with Crippen LogP contribution in [0.15, 0.2) is 78.9 Å². The fourth-order valence-corrected chi connectivity index (χ4v) is 4.09. The van der Waals surface area contributed by atoms with Crippen LogP contribution in [-0.4, -0.2) is 10.9 Å².